The third-order valence-corrected chi connectivity index (χ3v) is 5.02. The Labute approximate surface area is 151 Å². The maximum Gasteiger partial charge on any atom is 0.132 e. The molecule has 0 spiro atoms. The van der Waals surface area contributed by atoms with Crippen molar-refractivity contribution in [3.8, 4) is 0 Å². The van der Waals surface area contributed by atoms with Crippen LogP contribution in [0.1, 0.15) is 31.7 Å². The number of piperidine rings is 1. The number of aromatic nitrogens is 1. The molecule has 0 saturated carbocycles. The topological polar surface area (TPSA) is 31.4 Å². The number of pyridine rings is 1. The van der Waals surface area contributed by atoms with Gasteiger partial charge in [-0.05, 0) is 62.7 Å². The van der Waals surface area contributed by atoms with E-state index in [0.29, 0.717) is 6.04 Å². The largest absolute Gasteiger partial charge is 0.329 e. The molecular formula is C21H30N4. The number of nitrogens with zero attached hydrogens (tertiary/aromatic N) is 3. The average Bonchev–Trinajstić information content (AvgIpc) is 2.69. The molecule has 1 saturated heterocycles. The molecule has 1 aromatic heterocycles. The molecule has 2 heterocycles. The van der Waals surface area contributed by atoms with Crippen molar-refractivity contribution in [1.29, 1.82) is 0 Å². The summed E-state index contributed by atoms with van der Waals surface area (Å²) in [6.07, 6.45) is 5.75. The van der Waals surface area contributed by atoms with Gasteiger partial charge < -0.3 is 10.2 Å². The number of hydrogen-bond donors (Lipinski definition) is 1. The van der Waals surface area contributed by atoms with E-state index in [-0.39, 0.29) is 0 Å². The Balaban J connectivity index is 1.66. The van der Waals surface area contributed by atoms with Crippen LogP contribution in [-0.2, 0) is 6.54 Å². The van der Waals surface area contributed by atoms with Crippen molar-refractivity contribution in [3.05, 3.63) is 54.2 Å². The van der Waals surface area contributed by atoms with Gasteiger partial charge in [0.15, 0.2) is 0 Å². The maximum absolute atomic E-state index is 4.70. The minimum Gasteiger partial charge on any atom is -0.329 e. The first-order valence-corrected chi connectivity index (χ1v) is 9.46. The molecule has 4 nitrogen and oxygen atoms in total. The van der Waals surface area contributed by atoms with E-state index in [2.05, 4.69) is 65.5 Å². The maximum atomic E-state index is 4.70. The fourth-order valence-corrected chi connectivity index (χ4v) is 3.58. The van der Waals surface area contributed by atoms with E-state index in [1.165, 1.54) is 24.8 Å². The molecule has 0 unspecified atom stereocenters. The quantitative estimate of drug-likeness (QED) is 0.832. The van der Waals surface area contributed by atoms with Crippen LogP contribution in [0.15, 0.2) is 48.7 Å². The molecule has 1 aliphatic heterocycles. The second kappa shape index (κ2) is 8.97. The lowest BCUT2D eigenvalue weighted by Crippen LogP contribution is -2.43. The lowest BCUT2D eigenvalue weighted by molar-refractivity contribution is 0.154. The Kier molecular flexibility index (Phi) is 6.42. The molecule has 1 N–H and O–H groups in total. The zero-order chi connectivity index (χ0) is 17.5. The Morgan fingerprint density at radius 1 is 1.08 bits per heavy atom. The van der Waals surface area contributed by atoms with E-state index < -0.39 is 0 Å². The SMILES string of the molecule is CCCN(Cc1ccc(N(C)c2ccccc2)nc1)C1CCNCC1. The molecule has 1 aliphatic rings. The molecule has 1 fully saturated rings. The summed E-state index contributed by atoms with van der Waals surface area (Å²) in [4.78, 5) is 9.46. The van der Waals surface area contributed by atoms with Gasteiger partial charge in [-0.25, -0.2) is 4.98 Å². The Hall–Kier alpha value is -1.91. The monoisotopic (exact) mass is 338 g/mol. The number of benzene rings is 1. The molecule has 1 aromatic carbocycles. The van der Waals surface area contributed by atoms with Gasteiger partial charge in [-0.2, -0.15) is 0 Å². The number of rotatable bonds is 7. The third kappa shape index (κ3) is 4.80. The number of anilines is 2. The van der Waals surface area contributed by atoms with E-state index in [0.717, 1.165) is 37.7 Å². The second-order valence-electron chi connectivity index (χ2n) is 6.87. The highest BCUT2D eigenvalue weighted by Crippen LogP contribution is 2.22. The minimum atomic E-state index is 0.702. The second-order valence-corrected chi connectivity index (χ2v) is 6.87. The Morgan fingerprint density at radius 2 is 1.84 bits per heavy atom. The number of nitrogens with one attached hydrogen (secondary N) is 1. The van der Waals surface area contributed by atoms with Crippen LogP contribution in [0.3, 0.4) is 0 Å². The Morgan fingerprint density at radius 3 is 2.48 bits per heavy atom. The van der Waals surface area contributed by atoms with Gasteiger partial charge in [-0.1, -0.05) is 31.2 Å². The van der Waals surface area contributed by atoms with E-state index in [9.17, 15) is 0 Å². The lowest BCUT2D eigenvalue weighted by atomic mass is 10.0. The van der Waals surface area contributed by atoms with Crippen molar-refractivity contribution in [1.82, 2.24) is 15.2 Å². The van der Waals surface area contributed by atoms with Gasteiger partial charge >= 0.3 is 0 Å². The molecule has 0 atom stereocenters. The van der Waals surface area contributed by atoms with Gasteiger partial charge in [0.2, 0.25) is 0 Å². The summed E-state index contributed by atoms with van der Waals surface area (Å²) < 4.78 is 0. The predicted molar refractivity (Wildman–Crippen MR) is 105 cm³/mol. The number of para-hydroxylation sites is 1. The summed E-state index contributed by atoms with van der Waals surface area (Å²) in [5.74, 6) is 0.985. The van der Waals surface area contributed by atoms with Crippen LogP contribution in [0.4, 0.5) is 11.5 Å². The highest BCUT2D eigenvalue weighted by atomic mass is 15.2. The van der Waals surface area contributed by atoms with Gasteiger partial charge in [-0.15, -0.1) is 0 Å². The van der Waals surface area contributed by atoms with Gasteiger partial charge in [-0.3, -0.25) is 4.90 Å². The Bertz CT molecular complexity index is 620. The molecule has 2 aromatic rings. The molecular weight excluding hydrogens is 308 g/mol. The molecule has 0 amide bonds. The van der Waals surface area contributed by atoms with Crippen molar-refractivity contribution in [2.24, 2.45) is 0 Å². The summed E-state index contributed by atoms with van der Waals surface area (Å²) in [5, 5.41) is 3.47. The average molecular weight is 338 g/mol. The molecule has 0 radical (unpaired) electrons. The first-order chi connectivity index (χ1) is 12.3. The normalized spacial score (nSPS) is 15.5. The van der Waals surface area contributed by atoms with Gasteiger partial charge in [0.25, 0.3) is 0 Å². The van der Waals surface area contributed by atoms with Crippen LogP contribution in [0.25, 0.3) is 0 Å². The summed E-state index contributed by atoms with van der Waals surface area (Å²) >= 11 is 0. The summed E-state index contributed by atoms with van der Waals surface area (Å²) in [6.45, 7) is 6.72. The van der Waals surface area contributed by atoms with E-state index >= 15 is 0 Å². The van der Waals surface area contributed by atoms with Crippen LogP contribution in [0.5, 0.6) is 0 Å². The smallest absolute Gasteiger partial charge is 0.132 e. The number of hydrogen-bond acceptors (Lipinski definition) is 4. The lowest BCUT2D eigenvalue weighted by Gasteiger charge is -2.34. The van der Waals surface area contributed by atoms with Crippen LogP contribution < -0.4 is 10.2 Å². The molecule has 0 aliphatic carbocycles. The van der Waals surface area contributed by atoms with E-state index in [1.54, 1.807) is 0 Å². The highest BCUT2D eigenvalue weighted by Gasteiger charge is 2.20. The van der Waals surface area contributed by atoms with E-state index in [1.807, 2.05) is 12.3 Å². The van der Waals surface area contributed by atoms with Gasteiger partial charge in [0.05, 0.1) is 0 Å². The van der Waals surface area contributed by atoms with Crippen molar-refractivity contribution in [2.45, 2.75) is 38.8 Å². The molecule has 0 bridgehead atoms. The van der Waals surface area contributed by atoms with Crippen molar-refractivity contribution in [2.75, 3.05) is 31.6 Å². The van der Waals surface area contributed by atoms with Gasteiger partial charge in [0, 0.05) is 31.5 Å². The fraction of sp³-hybridized carbons (Fsp3) is 0.476. The third-order valence-electron chi connectivity index (χ3n) is 5.02. The summed E-state index contributed by atoms with van der Waals surface area (Å²) in [7, 11) is 2.07. The first kappa shape index (κ1) is 17.9. The standard InChI is InChI=1S/C21H30N4/c1-3-15-25(20-11-13-22-14-12-20)17-18-9-10-21(23-16-18)24(2)19-7-5-4-6-8-19/h4-10,16,20,22H,3,11-15,17H2,1-2H3. The molecule has 3 rings (SSSR count). The van der Waals surface area contributed by atoms with Crippen LogP contribution in [-0.4, -0.2) is 42.6 Å². The zero-order valence-electron chi connectivity index (χ0n) is 15.5. The fourth-order valence-electron chi connectivity index (χ4n) is 3.58. The van der Waals surface area contributed by atoms with Gasteiger partial charge in [0.1, 0.15) is 5.82 Å². The first-order valence-electron chi connectivity index (χ1n) is 9.46. The summed E-state index contributed by atoms with van der Waals surface area (Å²) in [5.41, 5.74) is 2.46. The summed E-state index contributed by atoms with van der Waals surface area (Å²) in [6, 6.07) is 15.4. The minimum absolute atomic E-state index is 0.702. The van der Waals surface area contributed by atoms with Crippen molar-refractivity contribution < 1.29 is 0 Å². The highest BCUT2D eigenvalue weighted by molar-refractivity contribution is 5.58. The molecule has 25 heavy (non-hydrogen) atoms. The molecule has 134 valence electrons. The van der Waals surface area contributed by atoms with Crippen molar-refractivity contribution in [3.63, 3.8) is 0 Å². The van der Waals surface area contributed by atoms with Crippen LogP contribution in [0.2, 0.25) is 0 Å². The van der Waals surface area contributed by atoms with Crippen LogP contribution >= 0.6 is 0 Å². The predicted octanol–water partition coefficient (Wildman–Crippen LogP) is 3.81. The van der Waals surface area contributed by atoms with Crippen molar-refractivity contribution >= 4 is 11.5 Å². The van der Waals surface area contributed by atoms with Crippen LogP contribution in [0, 0.1) is 0 Å². The molecule has 4 heteroatoms. The van der Waals surface area contributed by atoms with E-state index in [4.69, 9.17) is 4.98 Å². The zero-order valence-corrected chi connectivity index (χ0v) is 15.5.